The molecule has 2 aromatic carbocycles. The summed E-state index contributed by atoms with van der Waals surface area (Å²) in [7, 11) is 3.23. The number of aryl methyl sites for hydroxylation is 1. The maximum absolute atomic E-state index is 12.9. The summed E-state index contributed by atoms with van der Waals surface area (Å²) < 4.78 is 1.41. The second-order valence-corrected chi connectivity index (χ2v) is 7.00. The average molecular weight is 368 g/mol. The van der Waals surface area contributed by atoms with Crippen molar-refractivity contribution in [3.05, 3.63) is 70.0 Å². The first-order valence-electron chi connectivity index (χ1n) is 8.13. The minimum absolute atomic E-state index is 0.198. The lowest BCUT2D eigenvalue weighted by molar-refractivity contribution is 0.0780. The number of hydrogen-bond acceptors (Lipinski definition) is 4. The Bertz CT molecular complexity index is 1030. The second kappa shape index (κ2) is 7.25. The van der Waals surface area contributed by atoms with Crippen molar-refractivity contribution in [1.29, 1.82) is 0 Å². The maximum Gasteiger partial charge on any atom is 0.267 e. The molecule has 1 N–H and O–H groups in total. The maximum atomic E-state index is 12.9. The zero-order chi connectivity index (χ0) is 18.8. The fourth-order valence-electron chi connectivity index (χ4n) is 2.95. The number of rotatable bonds is 4. The normalized spacial score (nSPS) is 10.9. The van der Waals surface area contributed by atoms with Crippen LogP contribution in [0.4, 0.5) is 0 Å². The van der Waals surface area contributed by atoms with E-state index in [1.807, 2.05) is 42.7 Å². The molecule has 5 nitrogen and oxygen atoms in total. The number of nitrogens with zero attached hydrogens (tertiary/aromatic N) is 2. The van der Waals surface area contributed by atoms with Gasteiger partial charge in [-0.2, -0.15) is 0 Å². The summed E-state index contributed by atoms with van der Waals surface area (Å²) >= 11 is 1.53. The van der Waals surface area contributed by atoms with Crippen molar-refractivity contribution in [3.8, 4) is 5.75 Å². The van der Waals surface area contributed by atoms with E-state index in [9.17, 15) is 14.7 Å². The third-order valence-corrected chi connectivity index (χ3v) is 5.12. The van der Waals surface area contributed by atoms with Gasteiger partial charge >= 0.3 is 0 Å². The fourth-order valence-corrected chi connectivity index (χ4v) is 3.39. The highest BCUT2D eigenvalue weighted by atomic mass is 32.2. The van der Waals surface area contributed by atoms with Gasteiger partial charge < -0.3 is 14.6 Å². The van der Waals surface area contributed by atoms with Gasteiger partial charge in [-0.1, -0.05) is 30.3 Å². The number of carbonyl (C=O) groups excluding carboxylic acids is 1. The molecule has 0 unspecified atom stereocenters. The van der Waals surface area contributed by atoms with Crippen LogP contribution >= 0.6 is 11.8 Å². The smallest absolute Gasteiger partial charge is 0.267 e. The van der Waals surface area contributed by atoms with Crippen LogP contribution in [0.25, 0.3) is 10.9 Å². The van der Waals surface area contributed by atoms with E-state index in [2.05, 4.69) is 0 Å². The Morgan fingerprint density at radius 3 is 2.54 bits per heavy atom. The zero-order valence-electron chi connectivity index (χ0n) is 14.9. The Labute approximate surface area is 155 Å². The molecule has 0 aliphatic rings. The van der Waals surface area contributed by atoms with E-state index in [1.54, 1.807) is 26.2 Å². The minimum atomic E-state index is -0.503. The van der Waals surface area contributed by atoms with Crippen LogP contribution in [-0.4, -0.2) is 33.8 Å². The topological polar surface area (TPSA) is 62.5 Å². The Morgan fingerprint density at radius 1 is 1.19 bits per heavy atom. The number of aromatic nitrogens is 1. The number of aromatic hydroxyl groups is 1. The summed E-state index contributed by atoms with van der Waals surface area (Å²) in [6.07, 6.45) is 1.93. The molecule has 0 aliphatic heterocycles. The third kappa shape index (κ3) is 3.20. The van der Waals surface area contributed by atoms with Crippen molar-refractivity contribution in [1.82, 2.24) is 9.47 Å². The first-order valence-corrected chi connectivity index (χ1v) is 9.35. The molecule has 0 radical (unpaired) electrons. The Morgan fingerprint density at radius 2 is 1.88 bits per heavy atom. The third-order valence-electron chi connectivity index (χ3n) is 4.40. The van der Waals surface area contributed by atoms with Crippen LogP contribution in [0.15, 0.2) is 58.2 Å². The number of thioether (sulfide) groups is 1. The summed E-state index contributed by atoms with van der Waals surface area (Å²) in [5, 5.41) is 11.2. The van der Waals surface area contributed by atoms with Crippen LogP contribution in [0.3, 0.4) is 0 Å². The summed E-state index contributed by atoms with van der Waals surface area (Å²) in [4.78, 5) is 28.0. The molecule has 3 rings (SSSR count). The van der Waals surface area contributed by atoms with Crippen molar-refractivity contribution in [2.24, 2.45) is 7.05 Å². The number of benzene rings is 2. The monoisotopic (exact) mass is 368 g/mol. The average Bonchev–Trinajstić information content (AvgIpc) is 2.66. The largest absolute Gasteiger partial charge is 0.506 e. The summed E-state index contributed by atoms with van der Waals surface area (Å²) in [5.41, 5.74) is 0.839. The SMILES string of the molecule is CSc1ccc2c(c1)c(O)c(C(=O)N(C)Cc1ccccc1)c(=O)n2C. The second-order valence-electron chi connectivity index (χ2n) is 6.12. The molecule has 0 bridgehead atoms. The Hall–Kier alpha value is -2.73. The van der Waals surface area contributed by atoms with Crippen LogP contribution in [0.1, 0.15) is 15.9 Å². The molecule has 26 heavy (non-hydrogen) atoms. The number of amides is 1. The van der Waals surface area contributed by atoms with Crippen LogP contribution < -0.4 is 5.56 Å². The molecule has 0 saturated carbocycles. The molecule has 3 aromatic rings. The first kappa shape index (κ1) is 18.1. The van der Waals surface area contributed by atoms with Crippen LogP contribution in [0, 0.1) is 0 Å². The van der Waals surface area contributed by atoms with E-state index in [-0.39, 0.29) is 11.3 Å². The number of fused-ring (bicyclic) bond motifs is 1. The number of pyridine rings is 1. The molecule has 6 heteroatoms. The van der Waals surface area contributed by atoms with Crippen LogP contribution in [-0.2, 0) is 13.6 Å². The summed E-state index contributed by atoms with van der Waals surface area (Å²) in [6, 6.07) is 15.0. The number of hydrogen-bond donors (Lipinski definition) is 1. The lowest BCUT2D eigenvalue weighted by atomic mass is 10.1. The minimum Gasteiger partial charge on any atom is -0.506 e. The quantitative estimate of drug-likeness (QED) is 0.718. The van der Waals surface area contributed by atoms with Gasteiger partial charge in [-0.05, 0) is 30.0 Å². The van der Waals surface area contributed by atoms with Gasteiger partial charge in [0.2, 0.25) is 0 Å². The molecule has 0 saturated heterocycles. The van der Waals surface area contributed by atoms with Crippen molar-refractivity contribution >= 4 is 28.6 Å². The van der Waals surface area contributed by atoms with E-state index < -0.39 is 11.5 Å². The molecule has 1 amide bonds. The highest BCUT2D eigenvalue weighted by molar-refractivity contribution is 7.98. The number of carbonyl (C=O) groups is 1. The highest BCUT2D eigenvalue weighted by Crippen LogP contribution is 2.30. The molecule has 0 atom stereocenters. The van der Waals surface area contributed by atoms with Gasteiger partial charge in [-0.15, -0.1) is 11.8 Å². The van der Waals surface area contributed by atoms with E-state index in [1.165, 1.54) is 21.2 Å². The predicted molar refractivity (Wildman–Crippen MR) is 105 cm³/mol. The van der Waals surface area contributed by atoms with E-state index in [4.69, 9.17) is 0 Å². The van der Waals surface area contributed by atoms with Crippen molar-refractivity contribution < 1.29 is 9.90 Å². The lowest BCUT2D eigenvalue weighted by Crippen LogP contribution is -2.33. The van der Waals surface area contributed by atoms with Gasteiger partial charge in [0.25, 0.3) is 11.5 Å². The van der Waals surface area contributed by atoms with Gasteiger partial charge in [0, 0.05) is 30.9 Å². The predicted octanol–water partition coefficient (Wildman–Crippen LogP) is 3.24. The van der Waals surface area contributed by atoms with Crippen molar-refractivity contribution in [2.45, 2.75) is 11.4 Å². The highest BCUT2D eigenvalue weighted by Gasteiger charge is 2.24. The molecular weight excluding hydrogens is 348 g/mol. The molecule has 1 aromatic heterocycles. The summed E-state index contributed by atoms with van der Waals surface area (Å²) in [5.74, 6) is -0.757. The molecular formula is C20H20N2O3S. The fraction of sp³-hybridized carbons (Fsp3) is 0.200. The van der Waals surface area contributed by atoms with Gasteiger partial charge in [0.1, 0.15) is 11.3 Å². The van der Waals surface area contributed by atoms with E-state index >= 15 is 0 Å². The van der Waals surface area contributed by atoms with Crippen molar-refractivity contribution in [2.75, 3.05) is 13.3 Å². The Balaban J connectivity index is 2.08. The molecule has 0 fully saturated rings. The molecule has 134 valence electrons. The molecule has 0 spiro atoms. The summed E-state index contributed by atoms with van der Waals surface area (Å²) in [6.45, 7) is 0.352. The van der Waals surface area contributed by atoms with Gasteiger partial charge in [0.15, 0.2) is 0 Å². The molecule has 0 aliphatic carbocycles. The van der Waals surface area contributed by atoms with Crippen LogP contribution in [0.5, 0.6) is 5.75 Å². The zero-order valence-corrected chi connectivity index (χ0v) is 15.7. The van der Waals surface area contributed by atoms with E-state index in [0.717, 1.165) is 10.5 Å². The van der Waals surface area contributed by atoms with Gasteiger partial charge in [-0.3, -0.25) is 9.59 Å². The van der Waals surface area contributed by atoms with Gasteiger partial charge in [0.05, 0.1) is 5.52 Å². The van der Waals surface area contributed by atoms with Crippen molar-refractivity contribution in [3.63, 3.8) is 0 Å². The van der Waals surface area contributed by atoms with Gasteiger partial charge in [-0.25, -0.2) is 0 Å². The lowest BCUT2D eigenvalue weighted by Gasteiger charge is -2.19. The van der Waals surface area contributed by atoms with E-state index in [0.29, 0.717) is 17.4 Å². The standard InChI is InChI=1S/C20H20N2O3S/c1-21(12-13-7-5-4-6-8-13)19(24)17-18(23)15-11-14(26-3)9-10-16(15)22(2)20(17)25/h4-11,23H,12H2,1-3H3. The van der Waals surface area contributed by atoms with Crippen LogP contribution in [0.2, 0.25) is 0 Å². The molecule has 1 heterocycles. The Kier molecular flexibility index (Phi) is 5.04. The first-order chi connectivity index (χ1) is 12.4.